The van der Waals surface area contributed by atoms with Crippen LogP contribution in [0.1, 0.15) is 50.5 Å². The molecule has 0 saturated heterocycles. The smallest absolute Gasteiger partial charge is 0.274 e. The van der Waals surface area contributed by atoms with Crippen LogP contribution in [-0.2, 0) is 0 Å². The van der Waals surface area contributed by atoms with E-state index < -0.39 is 5.91 Å². The summed E-state index contributed by atoms with van der Waals surface area (Å²) in [6.45, 7) is 6.38. The Labute approximate surface area is 158 Å². The number of fused-ring (bicyclic) bond motifs is 1. The van der Waals surface area contributed by atoms with Gasteiger partial charge in [0.15, 0.2) is 11.4 Å². The highest BCUT2D eigenvalue weighted by Crippen LogP contribution is 2.34. The first kappa shape index (κ1) is 20.3. The molecule has 2 rings (SSSR count). The number of nitrogens with zero attached hydrogens (tertiary/aromatic N) is 1. The van der Waals surface area contributed by atoms with Crippen molar-refractivity contribution in [3.8, 4) is 11.5 Å². The Balaban J connectivity index is 2.26. The van der Waals surface area contributed by atoms with Crippen LogP contribution >= 0.6 is 11.6 Å². The van der Waals surface area contributed by atoms with Crippen molar-refractivity contribution in [3.63, 3.8) is 0 Å². The molecule has 0 aliphatic rings. The number of halogens is 1. The van der Waals surface area contributed by atoms with Gasteiger partial charge in [0, 0.05) is 16.8 Å². The predicted molar refractivity (Wildman–Crippen MR) is 104 cm³/mol. The van der Waals surface area contributed by atoms with Crippen LogP contribution in [0.15, 0.2) is 18.2 Å². The molecule has 1 heterocycles. The van der Waals surface area contributed by atoms with Crippen LogP contribution in [0.3, 0.4) is 0 Å². The van der Waals surface area contributed by atoms with Crippen LogP contribution < -0.4 is 15.8 Å². The van der Waals surface area contributed by atoms with E-state index in [1.807, 2.05) is 20.8 Å². The molecular weight excluding hydrogens is 354 g/mol. The van der Waals surface area contributed by atoms with Crippen molar-refractivity contribution in [3.05, 3.63) is 29.0 Å². The molecule has 1 atom stereocenters. The van der Waals surface area contributed by atoms with Crippen LogP contribution in [0.25, 0.3) is 10.8 Å². The fourth-order valence-corrected chi connectivity index (χ4v) is 2.94. The molecular formula is C19H26ClN3O3. The summed E-state index contributed by atoms with van der Waals surface area (Å²) >= 11 is 6.25. The number of hydrogen-bond acceptors (Lipinski definition) is 5. The predicted octanol–water partition coefficient (Wildman–Crippen LogP) is 3.63. The van der Waals surface area contributed by atoms with Gasteiger partial charge in [-0.05, 0) is 58.4 Å². The average molecular weight is 380 g/mol. The standard InChI is InChI=1S/C19H26ClN3O3/c1-11(2)26-13-7-8-14-15(10-13)18(20)23-16(17(14)24)19(25)22-12(3)6-4-5-9-21/h7-8,10-12,24H,4-6,9,21H2,1-3H3,(H,22,25)/t12-/m0/s1. The zero-order valence-electron chi connectivity index (χ0n) is 15.4. The lowest BCUT2D eigenvalue weighted by Crippen LogP contribution is -2.33. The summed E-state index contributed by atoms with van der Waals surface area (Å²) in [4.78, 5) is 16.6. The van der Waals surface area contributed by atoms with Crippen molar-refractivity contribution < 1.29 is 14.6 Å². The van der Waals surface area contributed by atoms with E-state index in [-0.39, 0.29) is 28.7 Å². The molecule has 0 bridgehead atoms. The number of pyridine rings is 1. The van der Waals surface area contributed by atoms with Gasteiger partial charge in [0.25, 0.3) is 5.91 Å². The van der Waals surface area contributed by atoms with Crippen molar-refractivity contribution in [2.24, 2.45) is 5.73 Å². The number of nitrogens with one attached hydrogen (secondary N) is 1. The second-order valence-corrected chi connectivity index (χ2v) is 6.99. The zero-order chi connectivity index (χ0) is 19.3. The highest BCUT2D eigenvalue weighted by molar-refractivity contribution is 6.35. The third-order valence-electron chi connectivity index (χ3n) is 3.96. The fraction of sp³-hybridized carbons (Fsp3) is 0.474. The van der Waals surface area contributed by atoms with Gasteiger partial charge in [-0.2, -0.15) is 0 Å². The fourth-order valence-electron chi connectivity index (χ4n) is 2.70. The van der Waals surface area contributed by atoms with E-state index in [1.54, 1.807) is 18.2 Å². The maximum absolute atomic E-state index is 12.5. The number of unbranched alkanes of at least 4 members (excludes halogenated alkanes) is 1. The molecule has 0 aliphatic carbocycles. The van der Waals surface area contributed by atoms with Gasteiger partial charge in [-0.15, -0.1) is 0 Å². The maximum atomic E-state index is 12.5. The molecule has 4 N–H and O–H groups in total. The number of rotatable bonds is 8. The van der Waals surface area contributed by atoms with Crippen molar-refractivity contribution in [1.29, 1.82) is 0 Å². The average Bonchev–Trinajstić information content (AvgIpc) is 2.57. The van der Waals surface area contributed by atoms with E-state index >= 15 is 0 Å². The third kappa shape index (κ3) is 4.99. The monoisotopic (exact) mass is 379 g/mol. The Morgan fingerprint density at radius 3 is 2.69 bits per heavy atom. The van der Waals surface area contributed by atoms with Crippen molar-refractivity contribution >= 4 is 28.3 Å². The Hall–Kier alpha value is -2.05. The molecule has 0 radical (unpaired) electrons. The maximum Gasteiger partial charge on any atom is 0.274 e. The summed E-state index contributed by atoms with van der Waals surface area (Å²) in [5.41, 5.74) is 5.40. The molecule has 1 aromatic carbocycles. The molecule has 2 aromatic rings. The van der Waals surface area contributed by atoms with Crippen molar-refractivity contribution in [1.82, 2.24) is 10.3 Å². The number of benzene rings is 1. The first-order valence-electron chi connectivity index (χ1n) is 8.83. The summed E-state index contributed by atoms with van der Waals surface area (Å²) < 4.78 is 5.64. The zero-order valence-corrected chi connectivity index (χ0v) is 16.1. The molecule has 7 heteroatoms. The highest BCUT2D eigenvalue weighted by Gasteiger charge is 2.20. The van der Waals surface area contributed by atoms with E-state index in [0.29, 0.717) is 23.1 Å². The van der Waals surface area contributed by atoms with Gasteiger partial charge in [0.1, 0.15) is 10.9 Å². The SMILES string of the molecule is CC(C)Oc1ccc2c(O)c(C(=O)N[C@@H](C)CCCCN)nc(Cl)c2c1. The Bertz CT molecular complexity index is 780. The lowest BCUT2D eigenvalue weighted by Gasteiger charge is -2.15. The van der Waals surface area contributed by atoms with Gasteiger partial charge in [0.05, 0.1) is 6.10 Å². The third-order valence-corrected chi connectivity index (χ3v) is 4.25. The van der Waals surface area contributed by atoms with Crippen LogP contribution in [0, 0.1) is 0 Å². The minimum atomic E-state index is -0.450. The Morgan fingerprint density at radius 2 is 2.04 bits per heavy atom. The highest BCUT2D eigenvalue weighted by atomic mass is 35.5. The van der Waals surface area contributed by atoms with Gasteiger partial charge < -0.3 is 20.9 Å². The summed E-state index contributed by atoms with van der Waals surface area (Å²) in [6, 6.07) is 5.07. The van der Waals surface area contributed by atoms with Gasteiger partial charge in [-0.3, -0.25) is 4.79 Å². The summed E-state index contributed by atoms with van der Waals surface area (Å²) in [7, 11) is 0. The lowest BCUT2D eigenvalue weighted by atomic mass is 10.1. The van der Waals surface area contributed by atoms with Crippen LogP contribution in [-0.4, -0.2) is 34.7 Å². The molecule has 0 saturated carbocycles. The van der Waals surface area contributed by atoms with E-state index in [9.17, 15) is 9.90 Å². The number of nitrogens with two attached hydrogens (primary N) is 1. The second kappa shape index (κ2) is 9.05. The number of amides is 1. The molecule has 0 aliphatic heterocycles. The molecule has 1 aromatic heterocycles. The number of carbonyl (C=O) groups is 1. The largest absolute Gasteiger partial charge is 0.505 e. The second-order valence-electron chi connectivity index (χ2n) is 6.63. The van der Waals surface area contributed by atoms with Gasteiger partial charge in [-0.25, -0.2) is 4.98 Å². The topological polar surface area (TPSA) is 97.5 Å². The van der Waals surface area contributed by atoms with Crippen molar-refractivity contribution in [2.45, 2.75) is 52.2 Å². The van der Waals surface area contributed by atoms with E-state index in [0.717, 1.165) is 19.3 Å². The molecule has 26 heavy (non-hydrogen) atoms. The van der Waals surface area contributed by atoms with Gasteiger partial charge >= 0.3 is 0 Å². The first-order chi connectivity index (χ1) is 12.3. The first-order valence-corrected chi connectivity index (χ1v) is 9.21. The van der Waals surface area contributed by atoms with Crippen LogP contribution in [0.4, 0.5) is 0 Å². The molecule has 142 valence electrons. The van der Waals surface area contributed by atoms with Crippen molar-refractivity contribution in [2.75, 3.05) is 6.54 Å². The van der Waals surface area contributed by atoms with Gasteiger partial charge in [0.2, 0.25) is 0 Å². The van der Waals surface area contributed by atoms with E-state index in [2.05, 4.69) is 10.3 Å². The lowest BCUT2D eigenvalue weighted by molar-refractivity contribution is 0.0930. The molecule has 0 spiro atoms. The number of carbonyl (C=O) groups excluding carboxylic acids is 1. The number of aromatic nitrogens is 1. The van der Waals surface area contributed by atoms with Gasteiger partial charge in [-0.1, -0.05) is 18.0 Å². The Kier molecular flexibility index (Phi) is 7.06. The molecule has 6 nitrogen and oxygen atoms in total. The molecule has 0 unspecified atom stereocenters. The van der Waals surface area contributed by atoms with Crippen LogP contribution in [0.2, 0.25) is 5.15 Å². The number of ether oxygens (including phenoxy) is 1. The molecule has 1 amide bonds. The Morgan fingerprint density at radius 1 is 1.31 bits per heavy atom. The summed E-state index contributed by atoms with van der Waals surface area (Å²) in [5.74, 6) is -0.0115. The summed E-state index contributed by atoms with van der Waals surface area (Å²) in [5, 5.41) is 14.5. The number of hydrogen-bond donors (Lipinski definition) is 3. The van der Waals surface area contributed by atoms with Crippen LogP contribution in [0.5, 0.6) is 11.5 Å². The normalized spacial score (nSPS) is 12.4. The van der Waals surface area contributed by atoms with E-state index in [1.165, 1.54) is 0 Å². The number of aromatic hydroxyl groups is 1. The minimum absolute atomic E-state index is 0.0126. The molecule has 0 fully saturated rings. The van der Waals surface area contributed by atoms with E-state index in [4.69, 9.17) is 22.1 Å². The quantitative estimate of drug-likeness (QED) is 0.480. The summed E-state index contributed by atoms with van der Waals surface area (Å²) in [6.07, 6.45) is 2.65. The minimum Gasteiger partial charge on any atom is -0.505 e.